The average Bonchev–Trinajstić information content (AvgIpc) is 3.80. The lowest BCUT2D eigenvalue weighted by atomic mass is 9.48. The minimum Gasteiger partial charge on any atom is -0.311 e. The van der Waals surface area contributed by atoms with E-state index in [4.69, 9.17) is 0 Å². The maximum absolute atomic E-state index is 2.49. The summed E-state index contributed by atoms with van der Waals surface area (Å²) in [4.78, 5) is 2.45. The molecule has 266 valence electrons. The summed E-state index contributed by atoms with van der Waals surface area (Å²) < 4.78 is 5.39. The second kappa shape index (κ2) is 12.4. The molecule has 0 saturated heterocycles. The number of hydrogen-bond donors (Lipinski definition) is 0. The highest BCUT2D eigenvalue weighted by atomic mass is 32.1. The summed E-state index contributed by atoms with van der Waals surface area (Å²) in [6, 6.07) is 59.5. The van der Waals surface area contributed by atoms with Gasteiger partial charge in [0.05, 0.1) is 0 Å². The van der Waals surface area contributed by atoms with Crippen LogP contribution in [0.5, 0.6) is 0 Å². The molecular weight excluding hydrogens is 703 g/mol. The van der Waals surface area contributed by atoms with Crippen molar-refractivity contribution in [3.8, 4) is 22.3 Å². The first-order chi connectivity index (χ1) is 27.1. The van der Waals surface area contributed by atoms with Crippen molar-refractivity contribution in [1.82, 2.24) is 0 Å². The minimum absolute atomic E-state index is 0.393. The third-order valence-corrected chi connectivity index (χ3v) is 15.8. The molecule has 2 aromatic heterocycles. The van der Waals surface area contributed by atoms with E-state index in [0.29, 0.717) is 5.41 Å². The number of rotatable bonds is 6. The average molecular weight is 744 g/mol. The molecule has 0 radical (unpaired) electrons. The first-order valence-electron chi connectivity index (χ1n) is 20.1. The van der Waals surface area contributed by atoms with Crippen LogP contribution in [0.2, 0.25) is 0 Å². The lowest BCUT2D eigenvalue weighted by molar-refractivity contribution is -0.00518. The maximum Gasteiger partial charge on any atom is 0.0462 e. The van der Waals surface area contributed by atoms with Crippen molar-refractivity contribution in [1.29, 1.82) is 0 Å². The zero-order valence-corrected chi connectivity index (χ0v) is 32.4. The molecule has 0 amide bonds. The first kappa shape index (κ1) is 32.1. The Hall–Kier alpha value is -5.22. The molecule has 0 unspecified atom stereocenters. The predicted octanol–water partition coefficient (Wildman–Crippen LogP) is 15.7. The van der Waals surface area contributed by atoms with Crippen LogP contribution in [0.3, 0.4) is 0 Å². The summed E-state index contributed by atoms with van der Waals surface area (Å²) >= 11 is 3.78. The Morgan fingerprint density at radius 3 is 1.58 bits per heavy atom. The Kier molecular flexibility index (Phi) is 7.23. The Balaban J connectivity index is 0.922. The van der Waals surface area contributed by atoms with Gasteiger partial charge >= 0.3 is 0 Å². The van der Waals surface area contributed by atoms with Gasteiger partial charge in [-0.25, -0.2) is 0 Å². The van der Waals surface area contributed by atoms with E-state index in [9.17, 15) is 0 Å². The van der Waals surface area contributed by atoms with Crippen molar-refractivity contribution in [3.63, 3.8) is 0 Å². The van der Waals surface area contributed by atoms with Crippen molar-refractivity contribution in [2.45, 2.75) is 43.9 Å². The number of thiophene rings is 2. The summed E-state index contributed by atoms with van der Waals surface area (Å²) in [6.45, 7) is 0. The van der Waals surface area contributed by atoms with Gasteiger partial charge in [0.15, 0.2) is 0 Å². The molecule has 0 N–H and O–H groups in total. The molecule has 4 fully saturated rings. The van der Waals surface area contributed by atoms with Crippen LogP contribution in [-0.4, -0.2) is 0 Å². The van der Waals surface area contributed by atoms with E-state index in [0.717, 1.165) is 17.8 Å². The summed E-state index contributed by atoms with van der Waals surface area (Å²) in [5, 5.41) is 5.38. The van der Waals surface area contributed by atoms with Gasteiger partial charge in [-0.05, 0) is 144 Å². The van der Waals surface area contributed by atoms with Crippen LogP contribution in [0.25, 0.3) is 62.6 Å². The molecule has 1 nitrogen and oxygen atoms in total. The molecule has 7 aromatic carbocycles. The van der Waals surface area contributed by atoms with E-state index >= 15 is 0 Å². The molecule has 0 atom stereocenters. The van der Waals surface area contributed by atoms with Crippen molar-refractivity contribution in [2.24, 2.45) is 17.8 Å². The largest absolute Gasteiger partial charge is 0.311 e. The fourth-order valence-electron chi connectivity index (χ4n) is 11.3. The highest BCUT2D eigenvalue weighted by molar-refractivity contribution is 7.26. The monoisotopic (exact) mass is 743 g/mol. The Bertz CT molecular complexity index is 2860. The molecule has 3 heteroatoms. The van der Waals surface area contributed by atoms with E-state index in [1.54, 1.807) is 5.56 Å². The van der Waals surface area contributed by atoms with E-state index in [2.05, 4.69) is 163 Å². The molecule has 4 aliphatic rings. The SMILES string of the molecule is c1ccc2c(c1)sc1cc(-c3ccc(N(c4ccc(-c5cccc6c5sc5ccccc56)cc4)c4ccc(C56CC7CC(CC(C7)C5)C6)cc4)cc3)ccc12. The van der Waals surface area contributed by atoms with Crippen LogP contribution < -0.4 is 4.90 Å². The Morgan fingerprint density at radius 1 is 0.418 bits per heavy atom. The fraction of sp³-hybridized carbons (Fsp3) is 0.192. The van der Waals surface area contributed by atoms with Gasteiger partial charge in [0, 0.05) is 57.4 Å². The van der Waals surface area contributed by atoms with Crippen LogP contribution in [0, 0.1) is 17.8 Å². The lowest BCUT2D eigenvalue weighted by Crippen LogP contribution is -2.48. The molecule has 4 aliphatic carbocycles. The van der Waals surface area contributed by atoms with Gasteiger partial charge in [0.2, 0.25) is 0 Å². The van der Waals surface area contributed by atoms with Gasteiger partial charge in [-0.3, -0.25) is 0 Å². The number of fused-ring (bicyclic) bond motifs is 6. The second-order valence-corrected chi connectivity index (χ2v) is 18.9. The second-order valence-electron chi connectivity index (χ2n) is 16.8. The van der Waals surface area contributed by atoms with Gasteiger partial charge in [-0.2, -0.15) is 0 Å². The molecule has 55 heavy (non-hydrogen) atoms. The van der Waals surface area contributed by atoms with E-state index < -0.39 is 0 Å². The topological polar surface area (TPSA) is 3.24 Å². The Morgan fingerprint density at radius 2 is 0.927 bits per heavy atom. The number of benzene rings is 7. The lowest BCUT2D eigenvalue weighted by Gasteiger charge is -2.57. The number of hydrogen-bond acceptors (Lipinski definition) is 3. The number of anilines is 3. The van der Waals surface area contributed by atoms with Crippen molar-refractivity contribution in [3.05, 3.63) is 163 Å². The standard InChI is InChI=1S/C52H41NS2/c1-3-10-48-44(6-1)46-25-16-38(29-50(46)54-48)36-12-19-40(20-13-36)53(42-23-17-39(18-24-42)52-30-33-26-34(31-52)28-35(27-33)32-52)41-21-14-37(15-22-41)43-8-5-9-47-45-7-2-4-11-49(45)55-51(43)47/h1-25,29,33-35H,26-28,30-32H2. The van der Waals surface area contributed by atoms with E-state index in [1.165, 1.54) is 118 Å². The molecular formula is C52H41NS2. The van der Waals surface area contributed by atoms with Crippen molar-refractivity contribution < 1.29 is 0 Å². The van der Waals surface area contributed by atoms with Crippen molar-refractivity contribution in [2.75, 3.05) is 4.90 Å². The van der Waals surface area contributed by atoms with Crippen molar-refractivity contribution >= 4 is 80.1 Å². The van der Waals surface area contributed by atoms with Crippen LogP contribution in [0.15, 0.2) is 158 Å². The molecule has 0 spiro atoms. The minimum atomic E-state index is 0.393. The fourth-order valence-corrected chi connectivity index (χ4v) is 13.7. The molecule has 0 aliphatic heterocycles. The van der Waals surface area contributed by atoms with E-state index in [1.807, 2.05) is 22.7 Å². The molecule has 9 aromatic rings. The maximum atomic E-state index is 2.49. The highest BCUT2D eigenvalue weighted by Crippen LogP contribution is 2.61. The van der Waals surface area contributed by atoms with Gasteiger partial charge in [0.25, 0.3) is 0 Å². The van der Waals surface area contributed by atoms with Crippen LogP contribution in [0.1, 0.15) is 44.1 Å². The molecule has 4 saturated carbocycles. The smallest absolute Gasteiger partial charge is 0.0462 e. The van der Waals surface area contributed by atoms with Gasteiger partial charge in [-0.15, -0.1) is 22.7 Å². The number of nitrogens with zero attached hydrogens (tertiary/aromatic N) is 1. The third-order valence-electron chi connectivity index (χ3n) is 13.5. The zero-order chi connectivity index (χ0) is 36.1. The normalized spacial score (nSPS) is 21.6. The molecule has 13 rings (SSSR count). The quantitative estimate of drug-likeness (QED) is 0.164. The van der Waals surface area contributed by atoms with Gasteiger partial charge in [0.1, 0.15) is 0 Å². The summed E-state index contributed by atoms with van der Waals surface area (Å²) in [5.74, 6) is 2.83. The molecule has 4 bridgehead atoms. The zero-order valence-electron chi connectivity index (χ0n) is 30.7. The predicted molar refractivity (Wildman–Crippen MR) is 238 cm³/mol. The summed E-state index contributed by atoms with van der Waals surface area (Å²) in [7, 11) is 0. The third kappa shape index (κ3) is 5.24. The highest BCUT2D eigenvalue weighted by Gasteiger charge is 2.51. The van der Waals surface area contributed by atoms with Crippen LogP contribution >= 0.6 is 22.7 Å². The van der Waals surface area contributed by atoms with Crippen LogP contribution in [0.4, 0.5) is 17.1 Å². The van der Waals surface area contributed by atoms with Gasteiger partial charge in [-0.1, -0.05) is 103 Å². The van der Waals surface area contributed by atoms with Gasteiger partial charge < -0.3 is 4.90 Å². The molecule has 2 heterocycles. The Labute approximate surface area is 330 Å². The summed E-state index contributed by atoms with van der Waals surface area (Å²) in [6.07, 6.45) is 8.62. The van der Waals surface area contributed by atoms with Crippen LogP contribution in [-0.2, 0) is 5.41 Å². The van der Waals surface area contributed by atoms with E-state index in [-0.39, 0.29) is 0 Å². The first-order valence-corrected chi connectivity index (χ1v) is 21.7. The summed E-state index contributed by atoms with van der Waals surface area (Å²) in [5.41, 5.74) is 10.6.